The van der Waals surface area contributed by atoms with Gasteiger partial charge in [0.05, 0.1) is 52.9 Å². The smallest absolute Gasteiger partial charge is 0.279 e. The number of ether oxygens (including phenoxy) is 1. The minimum atomic E-state index is -3.75. The van der Waals surface area contributed by atoms with Crippen LogP contribution in [0.1, 0.15) is 68.1 Å². The van der Waals surface area contributed by atoms with Gasteiger partial charge in [-0.15, -0.1) is 0 Å². The van der Waals surface area contributed by atoms with Gasteiger partial charge in [-0.05, 0) is 80.8 Å². The zero-order chi connectivity index (χ0) is 41.2. The summed E-state index contributed by atoms with van der Waals surface area (Å²) in [5.74, 6) is 5.82. The van der Waals surface area contributed by atoms with Crippen LogP contribution in [0.15, 0.2) is 76.7 Å². The molecule has 0 aliphatic carbocycles. The third kappa shape index (κ3) is 9.51. The first-order valence-corrected chi connectivity index (χ1v) is 21.2. The summed E-state index contributed by atoms with van der Waals surface area (Å²) in [6.45, 7) is 15.2. The number of sulfonamides is 1. The number of piperazine rings is 1. The van der Waals surface area contributed by atoms with Gasteiger partial charge in [-0.2, -0.15) is 14.5 Å². The Bertz CT molecular complexity index is 2440. The standard InChI is InChI=1S/C28H35N7O4S.C13H18N4O/c1-4-17-39-24-11-10-21(40(37,38)34-15-13-33(6-3)14-16-34)18-22(24)27-30-25-23(5-2)35(32-26(25)28(36)31-27)19-20-9-7-8-12-29-20;1-3-13-10(2)12(9-18-14)16-17(13)8-11-6-4-5-7-15-11/h7-12,18H,4-6,13-17,19H2,1-3H3,(H,30,31,36);4-7H,3,8-9,14H2,1-2H3. The van der Waals surface area contributed by atoms with Gasteiger partial charge in [-0.1, -0.05) is 39.8 Å². The van der Waals surface area contributed by atoms with Crippen LogP contribution in [0.4, 0.5) is 0 Å². The lowest BCUT2D eigenvalue weighted by molar-refractivity contribution is 0.120. The monoisotopic (exact) mass is 811 g/mol. The van der Waals surface area contributed by atoms with Gasteiger partial charge in [-0.3, -0.25) is 29.0 Å². The minimum Gasteiger partial charge on any atom is -0.493 e. The molecule has 0 bridgehead atoms. The molecule has 6 heterocycles. The van der Waals surface area contributed by atoms with Crippen LogP contribution in [0.25, 0.3) is 22.4 Å². The number of nitrogens with zero attached hydrogens (tertiary/aromatic N) is 9. The number of aryl methyl sites for hydroxylation is 1. The highest BCUT2D eigenvalue weighted by atomic mass is 32.2. The summed E-state index contributed by atoms with van der Waals surface area (Å²) in [4.78, 5) is 36.6. The first kappa shape index (κ1) is 42.3. The lowest BCUT2D eigenvalue weighted by atomic mass is 10.1. The maximum absolute atomic E-state index is 13.6. The Hall–Kier alpha value is -5.33. The second-order valence-electron chi connectivity index (χ2n) is 13.9. The van der Waals surface area contributed by atoms with Gasteiger partial charge in [-0.25, -0.2) is 19.3 Å². The molecule has 1 aromatic carbocycles. The Morgan fingerprint density at radius 1 is 0.828 bits per heavy atom. The highest BCUT2D eigenvalue weighted by Gasteiger charge is 2.29. The number of hydrogen-bond acceptors (Lipinski definition) is 12. The fourth-order valence-corrected chi connectivity index (χ4v) is 8.48. The number of aromatic amines is 1. The summed E-state index contributed by atoms with van der Waals surface area (Å²) in [6, 6.07) is 16.3. The fraction of sp³-hybridized carbons (Fsp3) is 0.415. The Morgan fingerprint density at radius 2 is 1.48 bits per heavy atom. The van der Waals surface area contributed by atoms with E-state index in [0.717, 1.165) is 47.7 Å². The van der Waals surface area contributed by atoms with Crippen molar-refractivity contribution in [2.45, 2.75) is 78.5 Å². The molecule has 5 aromatic heterocycles. The van der Waals surface area contributed by atoms with Crippen LogP contribution < -0.4 is 16.2 Å². The number of H-pyrrole nitrogens is 1. The van der Waals surface area contributed by atoms with E-state index in [1.165, 1.54) is 10.00 Å². The maximum atomic E-state index is 13.6. The molecule has 0 spiro atoms. The number of pyridine rings is 2. The predicted molar refractivity (Wildman–Crippen MR) is 222 cm³/mol. The molecule has 17 heteroatoms. The van der Waals surface area contributed by atoms with Gasteiger partial charge in [0.25, 0.3) is 5.56 Å². The minimum absolute atomic E-state index is 0.139. The molecule has 6 aromatic rings. The van der Waals surface area contributed by atoms with E-state index < -0.39 is 15.6 Å². The Morgan fingerprint density at radius 3 is 2.05 bits per heavy atom. The molecular weight excluding hydrogens is 759 g/mol. The second kappa shape index (κ2) is 19.4. The molecule has 16 nitrogen and oxygen atoms in total. The first-order chi connectivity index (χ1) is 28.1. The Kier molecular flexibility index (Phi) is 14.2. The largest absolute Gasteiger partial charge is 0.493 e. The SMILES string of the molecule is CCCOc1ccc(S(=O)(=O)N2CCN(CC)CC2)cc1-c1nc2c(CC)n(Cc3ccccn3)nc2c(=O)[nH]1.CCc1c(C)c(CON)nn1Cc1ccccn1. The van der Waals surface area contributed by atoms with E-state index in [1.54, 1.807) is 35.3 Å². The van der Waals surface area contributed by atoms with Crippen LogP contribution in [-0.2, 0) is 47.4 Å². The average Bonchev–Trinajstić information content (AvgIpc) is 3.75. The lowest BCUT2D eigenvalue weighted by Gasteiger charge is -2.33. The summed E-state index contributed by atoms with van der Waals surface area (Å²) in [7, 11) is -3.75. The van der Waals surface area contributed by atoms with Gasteiger partial charge >= 0.3 is 0 Å². The number of rotatable bonds is 15. The summed E-state index contributed by atoms with van der Waals surface area (Å²) in [5, 5.41) is 9.09. The molecule has 0 unspecified atom stereocenters. The maximum Gasteiger partial charge on any atom is 0.279 e. The number of fused-ring (bicyclic) bond motifs is 1. The van der Waals surface area contributed by atoms with E-state index in [1.807, 2.05) is 54.9 Å². The van der Waals surface area contributed by atoms with Crippen LogP contribution in [-0.4, -0.2) is 96.5 Å². The molecule has 1 fully saturated rings. The number of benzene rings is 1. The van der Waals surface area contributed by atoms with Gasteiger partial charge in [0.15, 0.2) is 5.52 Å². The van der Waals surface area contributed by atoms with E-state index in [2.05, 4.69) is 55.7 Å². The molecule has 0 saturated carbocycles. The third-order valence-corrected chi connectivity index (χ3v) is 12.1. The molecule has 58 heavy (non-hydrogen) atoms. The van der Waals surface area contributed by atoms with Crippen molar-refractivity contribution in [1.29, 1.82) is 0 Å². The predicted octanol–water partition coefficient (Wildman–Crippen LogP) is 4.49. The van der Waals surface area contributed by atoms with Crippen molar-refractivity contribution in [2.75, 3.05) is 39.3 Å². The summed E-state index contributed by atoms with van der Waals surface area (Å²) < 4.78 is 38.4. The van der Waals surface area contributed by atoms with Crippen LogP contribution >= 0.6 is 0 Å². The van der Waals surface area contributed by atoms with Gasteiger partial charge in [0, 0.05) is 44.3 Å². The van der Waals surface area contributed by atoms with Crippen molar-refractivity contribution >= 4 is 21.1 Å². The zero-order valence-corrected chi connectivity index (χ0v) is 34.7. The van der Waals surface area contributed by atoms with E-state index in [0.29, 0.717) is 75.7 Å². The summed E-state index contributed by atoms with van der Waals surface area (Å²) >= 11 is 0. The molecule has 0 amide bonds. The topological polar surface area (TPSA) is 192 Å². The molecular formula is C41H53N11O5S. The van der Waals surface area contributed by atoms with Crippen molar-refractivity contribution in [2.24, 2.45) is 5.90 Å². The summed E-state index contributed by atoms with van der Waals surface area (Å²) in [6.07, 6.45) is 5.80. The van der Waals surface area contributed by atoms with Crippen LogP contribution in [0.5, 0.6) is 5.75 Å². The van der Waals surface area contributed by atoms with E-state index in [4.69, 9.17) is 15.6 Å². The molecule has 7 rings (SSSR count). The highest BCUT2D eigenvalue weighted by Crippen LogP contribution is 2.32. The molecule has 0 radical (unpaired) electrons. The van der Waals surface area contributed by atoms with Crippen molar-refractivity contribution in [3.05, 3.63) is 111 Å². The highest BCUT2D eigenvalue weighted by molar-refractivity contribution is 7.89. The Balaban J connectivity index is 0.000000263. The van der Waals surface area contributed by atoms with Crippen molar-refractivity contribution < 1.29 is 18.0 Å². The summed E-state index contributed by atoms with van der Waals surface area (Å²) in [5.41, 5.74) is 6.57. The number of likely N-dealkylation sites (N-methyl/N-ethyl adjacent to an activating group) is 1. The lowest BCUT2D eigenvalue weighted by Crippen LogP contribution is -2.48. The van der Waals surface area contributed by atoms with Crippen LogP contribution in [0.3, 0.4) is 0 Å². The fourth-order valence-electron chi connectivity index (χ4n) is 7.03. The number of nitrogens with two attached hydrogens (primary N) is 1. The van der Waals surface area contributed by atoms with Crippen LogP contribution in [0.2, 0.25) is 0 Å². The molecule has 3 N–H and O–H groups in total. The average molecular weight is 812 g/mol. The molecule has 1 saturated heterocycles. The van der Waals surface area contributed by atoms with E-state index in [9.17, 15) is 13.2 Å². The van der Waals surface area contributed by atoms with E-state index >= 15 is 0 Å². The first-order valence-electron chi connectivity index (χ1n) is 19.8. The second-order valence-corrected chi connectivity index (χ2v) is 15.8. The number of aromatic nitrogens is 8. The van der Waals surface area contributed by atoms with Crippen LogP contribution in [0, 0.1) is 6.92 Å². The molecule has 1 aliphatic heterocycles. The van der Waals surface area contributed by atoms with Crippen molar-refractivity contribution in [3.63, 3.8) is 0 Å². The third-order valence-electron chi connectivity index (χ3n) is 10.2. The van der Waals surface area contributed by atoms with Crippen molar-refractivity contribution in [3.8, 4) is 17.1 Å². The quantitative estimate of drug-likeness (QED) is 0.138. The normalized spacial score (nSPS) is 13.8. The Labute approximate surface area is 339 Å². The number of hydrogen-bond donors (Lipinski definition) is 2. The van der Waals surface area contributed by atoms with E-state index in [-0.39, 0.29) is 16.2 Å². The zero-order valence-electron chi connectivity index (χ0n) is 33.9. The van der Waals surface area contributed by atoms with Gasteiger partial charge in [0.1, 0.15) is 23.7 Å². The molecule has 1 aliphatic rings. The van der Waals surface area contributed by atoms with Gasteiger partial charge < -0.3 is 14.6 Å². The molecule has 0 atom stereocenters. The number of nitrogens with one attached hydrogen (secondary N) is 1. The van der Waals surface area contributed by atoms with Gasteiger partial charge in [0.2, 0.25) is 10.0 Å². The molecule has 308 valence electrons. The van der Waals surface area contributed by atoms with Crippen molar-refractivity contribution in [1.82, 2.24) is 48.7 Å².